The van der Waals surface area contributed by atoms with Gasteiger partial charge in [0.2, 0.25) is 0 Å². The van der Waals surface area contributed by atoms with Crippen molar-refractivity contribution in [2.45, 2.75) is 10.2 Å². The minimum absolute atomic E-state index is 0.0527. The van der Waals surface area contributed by atoms with E-state index in [1.165, 1.54) is 25.3 Å². The Balaban J connectivity index is 2.94. The molecule has 0 saturated heterocycles. The molecule has 0 amide bonds. The standard InChI is InChI=1S/C9H8F2O3S/c1-14-6-4-2-3-5-7(6)15-9(10,11)8(12)13/h2-5H,1H3,(H,12,13). The van der Waals surface area contributed by atoms with Gasteiger partial charge in [0.25, 0.3) is 0 Å². The van der Waals surface area contributed by atoms with E-state index < -0.39 is 11.2 Å². The summed E-state index contributed by atoms with van der Waals surface area (Å²) in [5.74, 6) is -1.94. The molecule has 0 spiro atoms. The van der Waals surface area contributed by atoms with E-state index >= 15 is 0 Å². The predicted molar refractivity (Wildman–Crippen MR) is 51.4 cm³/mol. The molecule has 15 heavy (non-hydrogen) atoms. The Morgan fingerprint density at radius 2 is 2.07 bits per heavy atom. The molecule has 1 rings (SSSR count). The summed E-state index contributed by atoms with van der Waals surface area (Å²) in [5, 5.41) is 4.40. The van der Waals surface area contributed by atoms with Crippen molar-refractivity contribution in [3.8, 4) is 5.75 Å². The Morgan fingerprint density at radius 3 is 2.60 bits per heavy atom. The van der Waals surface area contributed by atoms with Gasteiger partial charge in [-0.2, -0.15) is 8.78 Å². The van der Waals surface area contributed by atoms with E-state index in [9.17, 15) is 13.6 Å². The zero-order valence-corrected chi connectivity index (χ0v) is 8.55. The summed E-state index contributed by atoms with van der Waals surface area (Å²) in [7, 11) is 1.33. The van der Waals surface area contributed by atoms with Crippen molar-refractivity contribution in [1.82, 2.24) is 0 Å². The number of ether oxygens (including phenoxy) is 1. The number of aliphatic carboxylic acids is 1. The number of alkyl halides is 2. The number of methoxy groups -OCH3 is 1. The third kappa shape index (κ3) is 2.82. The lowest BCUT2D eigenvalue weighted by Crippen LogP contribution is -2.23. The minimum Gasteiger partial charge on any atom is -0.496 e. The second-order valence-electron chi connectivity index (χ2n) is 2.57. The number of carbonyl (C=O) groups is 1. The summed E-state index contributed by atoms with van der Waals surface area (Å²) in [6.07, 6.45) is 0. The van der Waals surface area contributed by atoms with Crippen molar-refractivity contribution in [2.24, 2.45) is 0 Å². The van der Waals surface area contributed by atoms with Crippen LogP contribution in [0.5, 0.6) is 5.75 Å². The average molecular weight is 234 g/mol. The fourth-order valence-corrected chi connectivity index (χ4v) is 1.65. The molecule has 0 aromatic heterocycles. The SMILES string of the molecule is COc1ccccc1SC(F)(F)C(=O)O. The van der Waals surface area contributed by atoms with Crippen LogP contribution in [0.2, 0.25) is 0 Å². The molecule has 1 aromatic carbocycles. The van der Waals surface area contributed by atoms with Crippen LogP contribution in [-0.4, -0.2) is 23.4 Å². The van der Waals surface area contributed by atoms with Gasteiger partial charge in [-0.25, -0.2) is 4.79 Å². The van der Waals surface area contributed by atoms with E-state index in [0.717, 1.165) is 0 Å². The molecular weight excluding hydrogens is 226 g/mol. The van der Waals surface area contributed by atoms with Gasteiger partial charge in [-0.15, -0.1) is 0 Å². The van der Waals surface area contributed by atoms with Crippen molar-refractivity contribution >= 4 is 17.7 Å². The topological polar surface area (TPSA) is 46.5 Å². The third-order valence-electron chi connectivity index (χ3n) is 1.56. The Bertz CT molecular complexity index is 368. The summed E-state index contributed by atoms with van der Waals surface area (Å²) in [6, 6.07) is 6.01. The number of para-hydroxylation sites is 1. The van der Waals surface area contributed by atoms with E-state index in [1.54, 1.807) is 6.07 Å². The van der Waals surface area contributed by atoms with Crippen LogP contribution in [0.1, 0.15) is 0 Å². The number of carboxylic acid groups (broad SMARTS) is 1. The molecule has 0 atom stereocenters. The van der Waals surface area contributed by atoms with E-state index in [2.05, 4.69) is 0 Å². The number of hydrogen-bond donors (Lipinski definition) is 1. The van der Waals surface area contributed by atoms with Crippen LogP contribution in [0.3, 0.4) is 0 Å². The zero-order chi connectivity index (χ0) is 11.5. The molecule has 0 heterocycles. The highest BCUT2D eigenvalue weighted by Gasteiger charge is 2.40. The number of rotatable bonds is 4. The molecule has 1 aromatic rings. The van der Waals surface area contributed by atoms with Crippen LogP contribution in [0.4, 0.5) is 8.78 Å². The number of benzene rings is 1. The smallest absolute Gasteiger partial charge is 0.393 e. The fourth-order valence-electron chi connectivity index (χ4n) is 0.885. The molecule has 0 unspecified atom stereocenters. The Hall–Kier alpha value is -1.30. The van der Waals surface area contributed by atoms with Crippen molar-refractivity contribution in [2.75, 3.05) is 7.11 Å². The van der Waals surface area contributed by atoms with Gasteiger partial charge < -0.3 is 9.84 Å². The summed E-state index contributed by atoms with van der Waals surface area (Å²) >= 11 is -0.0527. The number of thioether (sulfide) groups is 1. The molecule has 82 valence electrons. The van der Waals surface area contributed by atoms with E-state index in [0.29, 0.717) is 0 Å². The summed E-state index contributed by atoms with van der Waals surface area (Å²) in [6.45, 7) is 0. The maximum Gasteiger partial charge on any atom is 0.393 e. The van der Waals surface area contributed by atoms with Crippen LogP contribution >= 0.6 is 11.8 Å². The predicted octanol–water partition coefficient (Wildman–Crippen LogP) is 2.46. The first-order chi connectivity index (χ1) is 6.97. The van der Waals surface area contributed by atoms with Crippen LogP contribution in [0.15, 0.2) is 29.2 Å². The maximum atomic E-state index is 12.9. The van der Waals surface area contributed by atoms with Gasteiger partial charge in [0.15, 0.2) is 0 Å². The van der Waals surface area contributed by atoms with Gasteiger partial charge in [-0.3, -0.25) is 0 Å². The summed E-state index contributed by atoms with van der Waals surface area (Å²) in [5.41, 5.74) is 0. The van der Waals surface area contributed by atoms with Crippen molar-refractivity contribution in [3.05, 3.63) is 24.3 Å². The molecule has 3 nitrogen and oxygen atoms in total. The normalized spacial score (nSPS) is 11.1. The average Bonchev–Trinajstić information content (AvgIpc) is 2.18. The monoisotopic (exact) mass is 234 g/mol. The van der Waals surface area contributed by atoms with E-state index in [1.807, 2.05) is 0 Å². The van der Waals surface area contributed by atoms with Gasteiger partial charge >= 0.3 is 11.2 Å². The van der Waals surface area contributed by atoms with Gasteiger partial charge in [0, 0.05) is 0 Å². The molecule has 0 saturated carbocycles. The lowest BCUT2D eigenvalue weighted by atomic mass is 10.3. The molecule has 0 aliphatic heterocycles. The van der Waals surface area contributed by atoms with Crippen molar-refractivity contribution in [1.29, 1.82) is 0 Å². The van der Waals surface area contributed by atoms with Gasteiger partial charge in [-0.1, -0.05) is 12.1 Å². The molecule has 0 aliphatic carbocycles. The van der Waals surface area contributed by atoms with Crippen molar-refractivity contribution in [3.63, 3.8) is 0 Å². The highest BCUT2D eigenvalue weighted by molar-refractivity contribution is 8.01. The Labute approximate surface area is 89.0 Å². The number of halogens is 2. The molecule has 0 fully saturated rings. The third-order valence-corrected chi connectivity index (χ3v) is 2.54. The van der Waals surface area contributed by atoms with Gasteiger partial charge in [0.1, 0.15) is 5.75 Å². The fraction of sp³-hybridized carbons (Fsp3) is 0.222. The lowest BCUT2D eigenvalue weighted by Gasteiger charge is -2.12. The molecule has 0 bridgehead atoms. The highest BCUT2D eigenvalue weighted by atomic mass is 32.2. The minimum atomic E-state index is -3.85. The van der Waals surface area contributed by atoms with Crippen LogP contribution in [0.25, 0.3) is 0 Å². The molecular formula is C9H8F2O3S. The lowest BCUT2D eigenvalue weighted by molar-refractivity contribution is -0.152. The quantitative estimate of drug-likeness (QED) is 0.813. The van der Waals surface area contributed by atoms with E-state index in [4.69, 9.17) is 9.84 Å². The maximum absolute atomic E-state index is 12.9. The molecule has 0 radical (unpaired) electrons. The molecule has 6 heteroatoms. The van der Waals surface area contributed by atoms with E-state index in [-0.39, 0.29) is 22.4 Å². The first kappa shape index (κ1) is 11.8. The van der Waals surface area contributed by atoms with Crippen LogP contribution in [-0.2, 0) is 4.79 Å². The summed E-state index contributed by atoms with van der Waals surface area (Å²) < 4.78 is 30.5. The largest absolute Gasteiger partial charge is 0.496 e. The first-order valence-corrected chi connectivity index (χ1v) is 4.72. The molecule has 1 N–H and O–H groups in total. The second kappa shape index (κ2) is 4.48. The number of hydrogen-bond acceptors (Lipinski definition) is 3. The first-order valence-electron chi connectivity index (χ1n) is 3.90. The van der Waals surface area contributed by atoms with Crippen LogP contribution in [0, 0.1) is 0 Å². The summed E-state index contributed by atoms with van der Waals surface area (Å²) in [4.78, 5) is 10.3. The Kier molecular flexibility index (Phi) is 3.52. The Morgan fingerprint density at radius 1 is 1.47 bits per heavy atom. The highest BCUT2D eigenvalue weighted by Crippen LogP contribution is 2.40. The van der Waals surface area contributed by atoms with Gasteiger partial charge in [-0.05, 0) is 23.9 Å². The molecule has 0 aliphatic rings. The zero-order valence-electron chi connectivity index (χ0n) is 7.74. The van der Waals surface area contributed by atoms with Gasteiger partial charge in [0.05, 0.1) is 12.0 Å². The van der Waals surface area contributed by atoms with Crippen molar-refractivity contribution < 1.29 is 23.4 Å². The number of carboxylic acids is 1. The second-order valence-corrected chi connectivity index (χ2v) is 3.73. The van der Waals surface area contributed by atoms with Crippen LogP contribution < -0.4 is 4.74 Å².